The van der Waals surface area contributed by atoms with Gasteiger partial charge in [-0.15, -0.1) is 0 Å². The summed E-state index contributed by atoms with van der Waals surface area (Å²) in [6.45, 7) is 0.651. The Labute approximate surface area is 172 Å². The largest absolute Gasteiger partial charge is 0.493 e. The van der Waals surface area contributed by atoms with Crippen LogP contribution in [0, 0.1) is 0 Å². The number of hydrogen-bond acceptors (Lipinski definition) is 7. The average molecular weight is 411 g/mol. The summed E-state index contributed by atoms with van der Waals surface area (Å²) in [5.41, 5.74) is 3.81. The zero-order valence-electron chi connectivity index (χ0n) is 16.0. The van der Waals surface area contributed by atoms with Crippen LogP contribution in [0.5, 0.6) is 11.5 Å². The second-order valence-electron chi connectivity index (χ2n) is 6.30. The van der Waals surface area contributed by atoms with Crippen LogP contribution in [0.2, 0.25) is 5.02 Å². The molecule has 0 fully saturated rings. The van der Waals surface area contributed by atoms with Gasteiger partial charge in [-0.1, -0.05) is 35.0 Å². The fourth-order valence-electron chi connectivity index (χ4n) is 3.05. The van der Waals surface area contributed by atoms with Crippen molar-refractivity contribution in [2.24, 2.45) is 0 Å². The van der Waals surface area contributed by atoms with E-state index in [2.05, 4.69) is 20.4 Å². The summed E-state index contributed by atoms with van der Waals surface area (Å²) in [5, 5.41) is 8.13. The summed E-state index contributed by atoms with van der Waals surface area (Å²) in [4.78, 5) is 8.64. The van der Waals surface area contributed by atoms with Crippen LogP contribution in [0.1, 0.15) is 5.56 Å². The van der Waals surface area contributed by atoms with Crippen LogP contribution in [-0.4, -0.2) is 35.9 Å². The molecule has 0 unspecified atom stereocenters. The van der Waals surface area contributed by atoms with Gasteiger partial charge < -0.3 is 19.3 Å². The highest BCUT2D eigenvalue weighted by molar-refractivity contribution is 6.30. The second-order valence-corrected chi connectivity index (χ2v) is 6.74. The summed E-state index contributed by atoms with van der Waals surface area (Å²) in [7, 11) is 3.24. The van der Waals surface area contributed by atoms with Gasteiger partial charge in [-0.25, -0.2) is 9.97 Å². The molecule has 0 aliphatic carbocycles. The maximum Gasteiger partial charge on any atom is 0.228 e. The number of hydrogen-bond donors (Lipinski definition) is 1. The maximum absolute atomic E-state index is 5.97. The topological polar surface area (TPSA) is 82.3 Å². The molecule has 0 aliphatic heterocycles. The van der Waals surface area contributed by atoms with Gasteiger partial charge in [0, 0.05) is 17.1 Å². The first-order chi connectivity index (χ1) is 14.2. The Bertz CT molecular complexity index is 1130. The van der Waals surface area contributed by atoms with Crippen LogP contribution in [0.4, 0.5) is 5.82 Å². The van der Waals surface area contributed by atoms with Crippen molar-refractivity contribution < 1.29 is 14.0 Å². The predicted octanol–water partition coefficient (Wildman–Crippen LogP) is 4.61. The lowest BCUT2D eigenvalue weighted by Crippen LogP contribution is -2.07. The van der Waals surface area contributed by atoms with E-state index in [1.54, 1.807) is 26.4 Å². The molecule has 2 aromatic carbocycles. The summed E-state index contributed by atoms with van der Waals surface area (Å²) >= 11 is 5.97. The standard InChI is InChI=1S/C21H19ClN4O3/c1-27-16-8-3-13(11-17(16)28-2)9-10-23-21-20-19(24-12-25-21)18(26-29-20)14-4-6-15(22)7-5-14/h3-8,11-12H,9-10H2,1-2H3,(H,23,24,25). The molecule has 0 atom stereocenters. The van der Waals surface area contributed by atoms with Gasteiger partial charge in [0.05, 0.1) is 14.2 Å². The minimum atomic E-state index is 0.518. The molecule has 148 valence electrons. The molecule has 0 aliphatic rings. The summed E-state index contributed by atoms with van der Waals surface area (Å²) in [6.07, 6.45) is 2.27. The third kappa shape index (κ3) is 3.95. The SMILES string of the molecule is COc1ccc(CCNc2ncnc3c(-c4ccc(Cl)cc4)noc23)cc1OC. The number of nitrogens with one attached hydrogen (secondary N) is 1. The van der Waals surface area contributed by atoms with Crippen LogP contribution in [0.3, 0.4) is 0 Å². The van der Waals surface area contributed by atoms with Crippen molar-refractivity contribution in [1.82, 2.24) is 15.1 Å². The summed E-state index contributed by atoms with van der Waals surface area (Å²) < 4.78 is 16.2. The first-order valence-electron chi connectivity index (χ1n) is 9.00. The molecule has 4 aromatic rings. The average Bonchev–Trinajstić information content (AvgIpc) is 3.19. The monoisotopic (exact) mass is 410 g/mol. The molecule has 2 heterocycles. The van der Waals surface area contributed by atoms with E-state index >= 15 is 0 Å². The molecule has 0 saturated carbocycles. The Kier molecular flexibility index (Phi) is 5.48. The highest BCUT2D eigenvalue weighted by Crippen LogP contribution is 2.30. The lowest BCUT2D eigenvalue weighted by Gasteiger charge is -2.10. The van der Waals surface area contributed by atoms with E-state index in [0.717, 1.165) is 17.5 Å². The fourth-order valence-corrected chi connectivity index (χ4v) is 3.17. The molecule has 8 heteroatoms. The Morgan fingerprint density at radius 2 is 1.79 bits per heavy atom. The van der Waals surface area contributed by atoms with Gasteiger partial charge in [-0.3, -0.25) is 0 Å². The van der Waals surface area contributed by atoms with Gasteiger partial charge >= 0.3 is 0 Å². The van der Waals surface area contributed by atoms with E-state index in [0.29, 0.717) is 45.7 Å². The number of anilines is 1. The quantitative estimate of drug-likeness (QED) is 0.476. The van der Waals surface area contributed by atoms with Gasteiger partial charge in [0.1, 0.15) is 17.5 Å². The zero-order valence-corrected chi connectivity index (χ0v) is 16.7. The first-order valence-corrected chi connectivity index (χ1v) is 9.38. The fraction of sp³-hybridized carbons (Fsp3) is 0.190. The molecule has 29 heavy (non-hydrogen) atoms. The molecule has 7 nitrogen and oxygen atoms in total. The summed E-state index contributed by atoms with van der Waals surface area (Å²) in [6, 6.07) is 13.2. The van der Waals surface area contributed by atoms with Crippen molar-refractivity contribution in [3.8, 4) is 22.8 Å². The van der Waals surface area contributed by atoms with E-state index < -0.39 is 0 Å². The molecule has 0 radical (unpaired) electrons. The van der Waals surface area contributed by atoms with E-state index in [1.807, 2.05) is 30.3 Å². The van der Waals surface area contributed by atoms with Gasteiger partial charge in [0.25, 0.3) is 0 Å². The Morgan fingerprint density at radius 3 is 2.55 bits per heavy atom. The number of aromatic nitrogens is 3. The van der Waals surface area contributed by atoms with Crippen LogP contribution in [-0.2, 0) is 6.42 Å². The molecule has 0 bridgehead atoms. The minimum Gasteiger partial charge on any atom is -0.493 e. The van der Waals surface area contributed by atoms with Crippen LogP contribution in [0.25, 0.3) is 22.4 Å². The van der Waals surface area contributed by atoms with Crippen molar-refractivity contribution in [3.05, 3.63) is 59.4 Å². The first kappa shape index (κ1) is 19.0. The second kappa shape index (κ2) is 8.36. The zero-order chi connectivity index (χ0) is 20.2. The van der Waals surface area contributed by atoms with Crippen LogP contribution >= 0.6 is 11.6 Å². The van der Waals surface area contributed by atoms with Gasteiger partial charge in [-0.05, 0) is 36.2 Å². The molecule has 4 rings (SSSR count). The minimum absolute atomic E-state index is 0.518. The third-order valence-electron chi connectivity index (χ3n) is 4.53. The number of fused-ring (bicyclic) bond motifs is 1. The Hall–Kier alpha value is -3.32. The van der Waals surface area contributed by atoms with Gasteiger partial charge in [0.2, 0.25) is 5.58 Å². The summed E-state index contributed by atoms with van der Waals surface area (Å²) in [5.74, 6) is 2.01. The van der Waals surface area contributed by atoms with Crippen LogP contribution in [0.15, 0.2) is 53.3 Å². The normalized spacial score (nSPS) is 10.9. The third-order valence-corrected chi connectivity index (χ3v) is 4.78. The molecule has 2 aromatic heterocycles. The lowest BCUT2D eigenvalue weighted by atomic mass is 10.1. The van der Waals surface area contributed by atoms with E-state index in [1.165, 1.54) is 6.33 Å². The smallest absolute Gasteiger partial charge is 0.228 e. The van der Waals surface area contributed by atoms with Crippen molar-refractivity contribution in [3.63, 3.8) is 0 Å². The number of rotatable bonds is 7. The molecule has 0 amide bonds. The van der Waals surface area contributed by atoms with Crippen molar-refractivity contribution >= 4 is 28.5 Å². The van der Waals surface area contributed by atoms with Crippen molar-refractivity contribution in [2.75, 3.05) is 26.1 Å². The van der Waals surface area contributed by atoms with E-state index in [4.69, 9.17) is 25.6 Å². The number of halogens is 1. The maximum atomic E-state index is 5.97. The molecular weight excluding hydrogens is 392 g/mol. The highest BCUT2D eigenvalue weighted by Gasteiger charge is 2.16. The van der Waals surface area contributed by atoms with Crippen LogP contribution < -0.4 is 14.8 Å². The number of ether oxygens (including phenoxy) is 2. The highest BCUT2D eigenvalue weighted by atomic mass is 35.5. The lowest BCUT2D eigenvalue weighted by molar-refractivity contribution is 0.354. The van der Waals surface area contributed by atoms with E-state index in [9.17, 15) is 0 Å². The van der Waals surface area contributed by atoms with Gasteiger partial charge in [0.15, 0.2) is 17.3 Å². The van der Waals surface area contributed by atoms with Crippen molar-refractivity contribution in [2.45, 2.75) is 6.42 Å². The van der Waals surface area contributed by atoms with Gasteiger partial charge in [-0.2, -0.15) is 0 Å². The Morgan fingerprint density at radius 1 is 1.00 bits per heavy atom. The number of benzene rings is 2. The molecular formula is C21H19ClN4O3. The van der Waals surface area contributed by atoms with Crippen molar-refractivity contribution in [1.29, 1.82) is 0 Å². The molecule has 1 N–H and O–H groups in total. The molecule has 0 spiro atoms. The number of methoxy groups -OCH3 is 2. The number of nitrogens with zero attached hydrogens (tertiary/aromatic N) is 3. The predicted molar refractivity (Wildman–Crippen MR) is 112 cm³/mol. The molecule has 0 saturated heterocycles. The van der Waals surface area contributed by atoms with E-state index in [-0.39, 0.29) is 0 Å². The Balaban J connectivity index is 1.51.